The molecule has 5 heteroatoms. The Labute approximate surface area is 154 Å². The minimum absolute atomic E-state index is 0.147. The van der Waals surface area contributed by atoms with E-state index in [1.807, 2.05) is 30.3 Å². The zero-order chi connectivity index (χ0) is 17.9. The van der Waals surface area contributed by atoms with E-state index in [-0.39, 0.29) is 5.37 Å². The summed E-state index contributed by atoms with van der Waals surface area (Å²) in [5.41, 5.74) is 3.20. The lowest BCUT2D eigenvalue weighted by Gasteiger charge is -2.22. The number of rotatable bonds is 5. The summed E-state index contributed by atoms with van der Waals surface area (Å²) in [5, 5.41) is 1.18. The first-order chi connectivity index (χ1) is 12.0. The van der Waals surface area contributed by atoms with Gasteiger partial charge in [-0.05, 0) is 28.7 Å². The molecule has 0 spiro atoms. The third-order valence-electron chi connectivity index (χ3n) is 4.30. The first-order valence-corrected chi connectivity index (χ1v) is 11.0. The molecule has 1 atom stereocenters. The van der Waals surface area contributed by atoms with Crippen LogP contribution >= 0.6 is 11.8 Å². The van der Waals surface area contributed by atoms with Crippen LogP contribution in [0.3, 0.4) is 0 Å². The van der Waals surface area contributed by atoms with Gasteiger partial charge in [-0.15, -0.1) is 11.8 Å². The molecule has 3 rings (SSSR count). The van der Waals surface area contributed by atoms with Crippen LogP contribution in [0, 0.1) is 0 Å². The quantitative estimate of drug-likeness (QED) is 0.751. The van der Waals surface area contributed by atoms with E-state index >= 15 is 0 Å². The number of hydrogen-bond acceptors (Lipinski definition) is 3. The molecule has 1 fully saturated rings. The maximum Gasteiger partial charge on any atom is 0.237 e. The molecule has 0 N–H and O–H groups in total. The average molecular weight is 374 g/mol. The monoisotopic (exact) mass is 373 g/mol. The molecule has 0 aromatic heterocycles. The Bertz CT molecular complexity index is 828. The van der Waals surface area contributed by atoms with Gasteiger partial charge in [0, 0.05) is 17.7 Å². The summed E-state index contributed by atoms with van der Waals surface area (Å²) in [6.45, 7) is 4.86. The number of sulfonamides is 1. The second-order valence-corrected chi connectivity index (χ2v) is 9.37. The number of thioether (sulfide) groups is 1. The van der Waals surface area contributed by atoms with Crippen molar-refractivity contribution in [3.8, 4) is 0 Å². The summed E-state index contributed by atoms with van der Waals surface area (Å²) in [5.74, 6) is 1.29. The van der Waals surface area contributed by atoms with Gasteiger partial charge < -0.3 is 0 Å². The summed E-state index contributed by atoms with van der Waals surface area (Å²) in [4.78, 5) is 0. The fraction of sp³-hybridized carbons (Fsp3) is 0.300. The lowest BCUT2D eigenvalue weighted by molar-refractivity contribution is 0.442. The Morgan fingerprint density at radius 2 is 1.76 bits per heavy atom. The molecular formula is C20H23NO2S2. The summed E-state index contributed by atoms with van der Waals surface area (Å²) in [6.07, 6.45) is 1.66. The van der Waals surface area contributed by atoms with Gasteiger partial charge in [0.2, 0.25) is 10.0 Å². The Hall–Kier alpha value is -1.56. The standard InChI is InChI=1S/C20H23NO2S2/c1-16(2)18-8-10-19(11-9-18)20-21(13-14-24-20)25(22,23)15-12-17-6-4-3-5-7-17/h3-12,15-16,20H,13-14H2,1-2H3/b15-12+/t20-/m1/s1. The summed E-state index contributed by atoms with van der Waals surface area (Å²) in [7, 11) is -3.45. The van der Waals surface area contributed by atoms with Crippen molar-refractivity contribution in [3.05, 3.63) is 76.7 Å². The summed E-state index contributed by atoms with van der Waals surface area (Å²) in [6, 6.07) is 17.8. The molecule has 0 unspecified atom stereocenters. The maximum atomic E-state index is 12.8. The highest BCUT2D eigenvalue weighted by atomic mass is 32.2. The van der Waals surface area contributed by atoms with Crippen molar-refractivity contribution in [3.63, 3.8) is 0 Å². The molecule has 0 radical (unpaired) electrons. The molecule has 0 bridgehead atoms. The van der Waals surface area contributed by atoms with Gasteiger partial charge in [-0.2, -0.15) is 4.31 Å². The van der Waals surface area contributed by atoms with E-state index < -0.39 is 10.0 Å². The predicted octanol–water partition coefficient (Wildman–Crippen LogP) is 4.86. The largest absolute Gasteiger partial charge is 0.237 e. The molecule has 2 aromatic rings. The van der Waals surface area contributed by atoms with Crippen molar-refractivity contribution < 1.29 is 8.42 Å². The number of hydrogen-bond donors (Lipinski definition) is 0. The smallest absolute Gasteiger partial charge is 0.207 e. The maximum absolute atomic E-state index is 12.8. The van der Waals surface area contributed by atoms with E-state index in [1.54, 1.807) is 22.1 Å². The van der Waals surface area contributed by atoms with E-state index in [9.17, 15) is 8.42 Å². The Morgan fingerprint density at radius 1 is 1.08 bits per heavy atom. The fourth-order valence-electron chi connectivity index (χ4n) is 2.83. The van der Waals surface area contributed by atoms with E-state index in [4.69, 9.17) is 0 Å². The number of nitrogens with zero attached hydrogens (tertiary/aromatic N) is 1. The highest BCUT2D eigenvalue weighted by Gasteiger charge is 2.34. The lowest BCUT2D eigenvalue weighted by Crippen LogP contribution is -2.28. The minimum atomic E-state index is -3.45. The zero-order valence-electron chi connectivity index (χ0n) is 14.5. The van der Waals surface area contributed by atoms with Gasteiger partial charge in [-0.1, -0.05) is 68.4 Å². The van der Waals surface area contributed by atoms with Crippen LogP contribution in [0.15, 0.2) is 60.0 Å². The van der Waals surface area contributed by atoms with Gasteiger partial charge in [-0.25, -0.2) is 8.42 Å². The molecule has 1 aliphatic heterocycles. The van der Waals surface area contributed by atoms with Crippen LogP contribution in [0.4, 0.5) is 0 Å². The Balaban J connectivity index is 1.81. The van der Waals surface area contributed by atoms with Crippen LogP contribution in [-0.2, 0) is 10.0 Å². The molecule has 25 heavy (non-hydrogen) atoms. The van der Waals surface area contributed by atoms with Crippen molar-refractivity contribution in [2.75, 3.05) is 12.3 Å². The molecule has 0 saturated carbocycles. The normalized spacial score (nSPS) is 19.1. The number of benzene rings is 2. The van der Waals surface area contributed by atoms with E-state index in [2.05, 4.69) is 38.1 Å². The van der Waals surface area contributed by atoms with Gasteiger partial charge in [0.25, 0.3) is 0 Å². The van der Waals surface area contributed by atoms with Crippen molar-refractivity contribution >= 4 is 27.9 Å². The lowest BCUT2D eigenvalue weighted by atomic mass is 10.0. The highest BCUT2D eigenvalue weighted by molar-refractivity contribution is 8.01. The van der Waals surface area contributed by atoms with Gasteiger partial charge in [0.1, 0.15) is 0 Å². The molecule has 0 aliphatic carbocycles. The van der Waals surface area contributed by atoms with Crippen molar-refractivity contribution in [1.29, 1.82) is 0 Å². The van der Waals surface area contributed by atoms with E-state index in [1.165, 1.54) is 11.0 Å². The molecule has 132 valence electrons. The van der Waals surface area contributed by atoms with Gasteiger partial charge in [-0.3, -0.25) is 0 Å². The molecule has 3 nitrogen and oxygen atoms in total. The average Bonchev–Trinajstić information content (AvgIpc) is 3.12. The molecule has 0 amide bonds. The predicted molar refractivity (Wildman–Crippen MR) is 107 cm³/mol. The van der Waals surface area contributed by atoms with Crippen molar-refractivity contribution in [1.82, 2.24) is 4.31 Å². The van der Waals surface area contributed by atoms with Crippen LogP contribution in [0.5, 0.6) is 0 Å². The van der Waals surface area contributed by atoms with Gasteiger partial charge in [0.15, 0.2) is 0 Å². The fourth-order valence-corrected chi connectivity index (χ4v) is 5.85. The molecule has 1 saturated heterocycles. The molecule has 1 heterocycles. The van der Waals surface area contributed by atoms with Crippen LogP contribution in [-0.4, -0.2) is 25.0 Å². The second-order valence-electron chi connectivity index (χ2n) is 6.41. The first-order valence-electron chi connectivity index (χ1n) is 8.44. The third kappa shape index (κ3) is 4.35. The van der Waals surface area contributed by atoms with Gasteiger partial charge >= 0.3 is 0 Å². The van der Waals surface area contributed by atoms with E-state index in [0.29, 0.717) is 12.5 Å². The van der Waals surface area contributed by atoms with Crippen LogP contribution in [0.2, 0.25) is 0 Å². The Kier molecular flexibility index (Phi) is 5.67. The topological polar surface area (TPSA) is 37.4 Å². The molecule has 2 aromatic carbocycles. The van der Waals surface area contributed by atoms with Crippen LogP contribution in [0.25, 0.3) is 6.08 Å². The van der Waals surface area contributed by atoms with Gasteiger partial charge in [0.05, 0.1) is 5.37 Å². The second kappa shape index (κ2) is 7.77. The molecule has 1 aliphatic rings. The summed E-state index contributed by atoms with van der Waals surface area (Å²) >= 11 is 1.68. The Morgan fingerprint density at radius 3 is 2.40 bits per heavy atom. The summed E-state index contributed by atoms with van der Waals surface area (Å²) < 4.78 is 27.2. The zero-order valence-corrected chi connectivity index (χ0v) is 16.1. The van der Waals surface area contributed by atoms with Crippen molar-refractivity contribution in [2.24, 2.45) is 0 Å². The third-order valence-corrected chi connectivity index (χ3v) is 7.22. The minimum Gasteiger partial charge on any atom is -0.207 e. The van der Waals surface area contributed by atoms with Crippen molar-refractivity contribution in [2.45, 2.75) is 25.1 Å². The van der Waals surface area contributed by atoms with E-state index in [0.717, 1.165) is 16.9 Å². The first kappa shape index (κ1) is 18.2. The molecular weight excluding hydrogens is 350 g/mol. The van der Waals surface area contributed by atoms with Crippen LogP contribution < -0.4 is 0 Å². The van der Waals surface area contributed by atoms with Crippen LogP contribution in [0.1, 0.15) is 41.8 Å². The highest BCUT2D eigenvalue weighted by Crippen LogP contribution is 2.40. The SMILES string of the molecule is CC(C)c1ccc([C@H]2SCCN2S(=O)(=O)/C=C/c2ccccc2)cc1.